The Morgan fingerprint density at radius 2 is 1.61 bits per heavy atom. The van der Waals surface area contributed by atoms with Crippen LogP contribution in [-0.2, 0) is 9.47 Å². The van der Waals surface area contributed by atoms with Gasteiger partial charge in [-0.05, 0) is 42.5 Å². The minimum absolute atomic E-state index is 0.121. The van der Waals surface area contributed by atoms with Crippen LogP contribution in [0.25, 0.3) is 0 Å². The molecule has 0 radical (unpaired) electrons. The number of benzene rings is 2. The maximum atomic E-state index is 13.0. The van der Waals surface area contributed by atoms with E-state index in [-0.39, 0.29) is 17.6 Å². The average molecular weight is 384 g/mol. The lowest BCUT2D eigenvalue weighted by Crippen LogP contribution is -2.47. The van der Waals surface area contributed by atoms with E-state index < -0.39 is 5.79 Å². The van der Waals surface area contributed by atoms with E-state index in [1.165, 1.54) is 24.3 Å². The van der Waals surface area contributed by atoms with E-state index in [0.717, 1.165) is 0 Å². The maximum Gasteiger partial charge on any atom is 0.255 e. The molecule has 2 aliphatic rings. The summed E-state index contributed by atoms with van der Waals surface area (Å²) in [6.07, 6.45) is 1.28. The molecule has 0 aromatic heterocycles. The number of amides is 2. The van der Waals surface area contributed by atoms with Crippen LogP contribution >= 0.6 is 0 Å². The normalized spacial score (nSPS) is 18.2. The van der Waals surface area contributed by atoms with Crippen molar-refractivity contribution in [2.45, 2.75) is 18.6 Å². The van der Waals surface area contributed by atoms with Crippen molar-refractivity contribution < 1.29 is 23.5 Å². The second-order valence-electron chi connectivity index (χ2n) is 6.94. The van der Waals surface area contributed by atoms with E-state index in [2.05, 4.69) is 5.32 Å². The lowest BCUT2D eigenvalue weighted by Gasteiger charge is -2.37. The van der Waals surface area contributed by atoms with Gasteiger partial charge in [-0.3, -0.25) is 9.59 Å². The Morgan fingerprint density at radius 1 is 0.964 bits per heavy atom. The highest BCUT2D eigenvalue weighted by Gasteiger charge is 2.40. The largest absolute Gasteiger partial charge is 0.347 e. The molecule has 2 fully saturated rings. The number of hydrogen-bond donors (Lipinski definition) is 1. The topological polar surface area (TPSA) is 67.9 Å². The molecule has 7 heteroatoms. The third-order valence-electron chi connectivity index (χ3n) is 5.10. The van der Waals surface area contributed by atoms with Crippen molar-refractivity contribution in [3.8, 4) is 0 Å². The molecule has 2 aromatic rings. The van der Waals surface area contributed by atoms with Crippen LogP contribution in [0.2, 0.25) is 0 Å². The van der Waals surface area contributed by atoms with Crippen LogP contribution in [0.4, 0.5) is 10.1 Å². The quantitative estimate of drug-likeness (QED) is 0.883. The summed E-state index contributed by atoms with van der Waals surface area (Å²) >= 11 is 0. The third kappa shape index (κ3) is 3.90. The maximum absolute atomic E-state index is 13.0. The molecule has 146 valence electrons. The first kappa shape index (κ1) is 18.6. The average Bonchev–Trinajstić information content (AvgIpc) is 3.18. The van der Waals surface area contributed by atoms with Gasteiger partial charge in [-0.15, -0.1) is 0 Å². The van der Waals surface area contributed by atoms with E-state index in [4.69, 9.17) is 9.47 Å². The number of hydrogen-bond acceptors (Lipinski definition) is 4. The van der Waals surface area contributed by atoms with Crippen LogP contribution < -0.4 is 5.32 Å². The predicted molar refractivity (Wildman–Crippen MR) is 101 cm³/mol. The zero-order valence-electron chi connectivity index (χ0n) is 15.3. The fourth-order valence-corrected chi connectivity index (χ4v) is 3.55. The highest BCUT2D eigenvalue weighted by molar-refractivity contribution is 6.06. The number of likely N-dealkylation sites (tertiary alicyclic amines) is 1. The van der Waals surface area contributed by atoms with Gasteiger partial charge in [-0.25, -0.2) is 4.39 Å². The Morgan fingerprint density at radius 3 is 2.29 bits per heavy atom. The minimum Gasteiger partial charge on any atom is -0.347 e. The molecule has 2 heterocycles. The molecular weight excluding hydrogens is 363 g/mol. The van der Waals surface area contributed by atoms with E-state index >= 15 is 0 Å². The first-order valence-electron chi connectivity index (χ1n) is 9.29. The number of anilines is 1. The molecular formula is C21H21FN2O4. The fraction of sp³-hybridized carbons (Fsp3) is 0.333. The van der Waals surface area contributed by atoms with Crippen molar-refractivity contribution in [2.75, 3.05) is 31.6 Å². The van der Waals surface area contributed by atoms with E-state index in [9.17, 15) is 14.0 Å². The number of halogens is 1. The molecule has 0 saturated carbocycles. The summed E-state index contributed by atoms with van der Waals surface area (Å²) in [6, 6.07) is 12.1. The van der Waals surface area contributed by atoms with Gasteiger partial charge < -0.3 is 19.7 Å². The van der Waals surface area contributed by atoms with Crippen LogP contribution in [0.15, 0.2) is 48.5 Å². The zero-order valence-corrected chi connectivity index (χ0v) is 15.3. The van der Waals surface area contributed by atoms with Gasteiger partial charge in [0.25, 0.3) is 11.8 Å². The zero-order chi connectivity index (χ0) is 19.6. The Kier molecular flexibility index (Phi) is 5.11. The highest BCUT2D eigenvalue weighted by atomic mass is 19.1. The van der Waals surface area contributed by atoms with E-state index in [1.54, 1.807) is 29.2 Å². The highest BCUT2D eigenvalue weighted by Crippen LogP contribution is 2.31. The molecule has 0 unspecified atom stereocenters. The molecule has 0 bridgehead atoms. The Labute approximate surface area is 162 Å². The van der Waals surface area contributed by atoms with Gasteiger partial charge in [0.1, 0.15) is 5.82 Å². The molecule has 1 N–H and O–H groups in total. The second-order valence-corrected chi connectivity index (χ2v) is 6.94. The van der Waals surface area contributed by atoms with Crippen molar-refractivity contribution in [2.24, 2.45) is 0 Å². The van der Waals surface area contributed by atoms with Gasteiger partial charge in [0, 0.05) is 42.7 Å². The monoisotopic (exact) mass is 384 g/mol. The molecule has 2 aliphatic heterocycles. The molecule has 2 amide bonds. The number of nitrogens with zero attached hydrogens (tertiary/aromatic N) is 1. The standard InChI is InChI=1S/C21H21FN2O4/c22-17-4-6-18(7-5-17)23-19(25)15-2-1-3-16(14-15)20(26)24-10-8-21(9-11-24)27-12-13-28-21/h1-7,14H,8-13H2,(H,23,25). The number of piperidine rings is 1. The van der Waals surface area contributed by atoms with Crippen LogP contribution in [-0.4, -0.2) is 48.8 Å². The SMILES string of the molecule is O=C(Nc1ccc(F)cc1)c1cccc(C(=O)N2CCC3(CC2)OCCO3)c1. The fourth-order valence-electron chi connectivity index (χ4n) is 3.55. The first-order valence-corrected chi connectivity index (χ1v) is 9.29. The summed E-state index contributed by atoms with van der Waals surface area (Å²) in [5.74, 6) is -1.38. The van der Waals surface area contributed by atoms with Crippen LogP contribution in [0.1, 0.15) is 33.6 Å². The Hall–Kier alpha value is -2.77. The number of carbonyl (C=O) groups excluding carboxylic acids is 2. The van der Waals surface area contributed by atoms with Crippen molar-refractivity contribution in [1.29, 1.82) is 0 Å². The number of rotatable bonds is 3. The predicted octanol–water partition coefficient (Wildman–Crippen LogP) is 3.06. The summed E-state index contributed by atoms with van der Waals surface area (Å²) in [7, 11) is 0. The smallest absolute Gasteiger partial charge is 0.255 e. The molecule has 6 nitrogen and oxygen atoms in total. The van der Waals surface area contributed by atoms with Crippen molar-refractivity contribution >= 4 is 17.5 Å². The molecule has 28 heavy (non-hydrogen) atoms. The molecule has 2 saturated heterocycles. The Bertz CT molecular complexity index is 868. The number of nitrogens with one attached hydrogen (secondary N) is 1. The molecule has 0 atom stereocenters. The summed E-state index contributed by atoms with van der Waals surface area (Å²) in [5, 5.41) is 2.70. The lowest BCUT2D eigenvalue weighted by atomic mass is 10.0. The summed E-state index contributed by atoms with van der Waals surface area (Å²) in [5.41, 5.74) is 1.31. The third-order valence-corrected chi connectivity index (χ3v) is 5.10. The van der Waals surface area contributed by atoms with Gasteiger partial charge in [0.2, 0.25) is 0 Å². The van der Waals surface area contributed by atoms with Crippen molar-refractivity contribution in [1.82, 2.24) is 4.90 Å². The lowest BCUT2D eigenvalue weighted by molar-refractivity contribution is -0.181. The van der Waals surface area contributed by atoms with Gasteiger partial charge in [0.05, 0.1) is 13.2 Å². The van der Waals surface area contributed by atoms with E-state index in [0.29, 0.717) is 56.0 Å². The van der Waals surface area contributed by atoms with Crippen molar-refractivity contribution in [3.05, 3.63) is 65.5 Å². The molecule has 2 aromatic carbocycles. The first-order chi connectivity index (χ1) is 13.5. The van der Waals surface area contributed by atoms with Gasteiger partial charge >= 0.3 is 0 Å². The molecule has 0 aliphatic carbocycles. The second kappa shape index (κ2) is 7.69. The summed E-state index contributed by atoms with van der Waals surface area (Å²) < 4.78 is 24.4. The van der Waals surface area contributed by atoms with Crippen molar-refractivity contribution in [3.63, 3.8) is 0 Å². The number of carbonyl (C=O) groups is 2. The summed E-state index contributed by atoms with van der Waals surface area (Å²) in [4.78, 5) is 27.1. The van der Waals surface area contributed by atoms with Crippen LogP contribution in [0.5, 0.6) is 0 Å². The van der Waals surface area contributed by atoms with Gasteiger partial charge in [0.15, 0.2) is 5.79 Å². The van der Waals surface area contributed by atoms with E-state index in [1.807, 2.05) is 0 Å². The van der Waals surface area contributed by atoms with Crippen LogP contribution in [0, 0.1) is 5.82 Å². The number of ether oxygens (including phenoxy) is 2. The summed E-state index contributed by atoms with van der Waals surface area (Å²) in [6.45, 7) is 2.29. The van der Waals surface area contributed by atoms with Gasteiger partial charge in [-0.2, -0.15) is 0 Å². The Balaban J connectivity index is 1.42. The molecule has 4 rings (SSSR count). The van der Waals surface area contributed by atoms with Crippen LogP contribution in [0.3, 0.4) is 0 Å². The minimum atomic E-state index is -0.534. The van der Waals surface area contributed by atoms with Gasteiger partial charge in [-0.1, -0.05) is 6.07 Å². The molecule has 1 spiro atoms.